The van der Waals surface area contributed by atoms with Gasteiger partial charge in [0.2, 0.25) is 0 Å². The number of esters is 1. The number of carbonyl (C=O) groups excluding carboxylic acids is 1. The molecule has 118 valence electrons. The molecule has 0 atom stereocenters. The van der Waals surface area contributed by atoms with Gasteiger partial charge in [-0.1, -0.05) is 11.3 Å². The molecule has 0 aliphatic heterocycles. The second-order valence-electron chi connectivity index (χ2n) is 4.44. The van der Waals surface area contributed by atoms with E-state index in [9.17, 15) is 17.6 Å². The van der Waals surface area contributed by atoms with Crippen molar-refractivity contribution in [3.8, 4) is 0 Å². The number of nitrogens with zero attached hydrogens (tertiary/aromatic N) is 1. The molecule has 1 heterocycles. The van der Waals surface area contributed by atoms with Gasteiger partial charge in [0, 0.05) is 0 Å². The number of benzene rings is 1. The Kier molecular flexibility index (Phi) is 4.47. The number of sulfonamides is 1. The van der Waals surface area contributed by atoms with Crippen molar-refractivity contribution in [2.75, 3.05) is 11.8 Å². The van der Waals surface area contributed by atoms with Gasteiger partial charge in [-0.3, -0.25) is 4.72 Å². The molecule has 0 unspecified atom stereocenters. The average molecular weight is 344 g/mol. The number of halogens is 1. The second kappa shape index (κ2) is 6.01. The van der Waals surface area contributed by atoms with Gasteiger partial charge in [0.1, 0.15) is 10.7 Å². The van der Waals surface area contributed by atoms with E-state index in [1.54, 1.807) is 6.92 Å². The molecular formula is C13H13FN2O4S2. The van der Waals surface area contributed by atoms with Crippen molar-refractivity contribution in [3.63, 3.8) is 0 Å². The highest BCUT2D eigenvalue weighted by Crippen LogP contribution is 2.26. The molecule has 0 bridgehead atoms. The van der Waals surface area contributed by atoms with Crippen LogP contribution >= 0.6 is 11.3 Å². The summed E-state index contributed by atoms with van der Waals surface area (Å²) in [6, 6.07) is 3.37. The van der Waals surface area contributed by atoms with Gasteiger partial charge in [-0.15, -0.1) is 0 Å². The van der Waals surface area contributed by atoms with Crippen LogP contribution in [0.5, 0.6) is 0 Å². The molecule has 0 amide bonds. The van der Waals surface area contributed by atoms with E-state index < -0.39 is 21.8 Å². The maximum Gasteiger partial charge on any atom is 0.350 e. The summed E-state index contributed by atoms with van der Waals surface area (Å²) in [6.07, 6.45) is 0. The first-order chi connectivity index (χ1) is 10.2. The van der Waals surface area contributed by atoms with Crippen molar-refractivity contribution in [2.45, 2.75) is 18.7 Å². The Morgan fingerprint density at radius 3 is 2.64 bits per heavy atom. The summed E-state index contributed by atoms with van der Waals surface area (Å²) in [7, 11) is -2.69. The van der Waals surface area contributed by atoms with Gasteiger partial charge in [-0.2, -0.15) is 0 Å². The van der Waals surface area contributed by atoms with Crippen LogP contribution < -0.4 is 4.72 Å². The van der Waals surface area contributed by atoms with Crippen LogP contribution in [0.15, 0.2) is 23.1 Å². The maximum atomic E-state index is 13.1. The molecule has 0 aliphatic rings. The Morgan fingerprint density at radius 2 is 2.05 bits per heavy atom. The molecule has 1 aromatic carbocycles. The van der Waals surface area contributed by atoms with E-state index in [1.165, 1.54) is 20.1 Å². The van der Waals surface area contributed by atoms with Crippen LogP contribution in [0, 0.1) is 19.7 Å². The minimum Gasteiger partial charge on any atom is -0.465 e. The first-order valence-corrected chi connectivity index (χ1v) is 8.39. The largest absolute Gasteiger partial charge is 0.465 e. The molecule has 0 saturated carbocycles. The molecule has 1 aromatic heterocycles. The smallest absolute Gasteiger partial charge is 0.350 e. The predicted octanol–water partition coefficient (Wildman–Crippen LogP) is 2.49. The van der Waals surface area contributed by atoms with Gasteiger partial charge in [0.05, 0.1) is 17.7 Å². The minimum atomic E-state index is -3.92. The zero-order chi connectivity index (χ0) is 16.5. The Balaban J connectivity index is 2.35. The number of thiazole rings is 1. The quantitative estimate of drug-likeness (QED) is 0.861. The van der Waals surface area contributed by atoms with Gasteiger partial charge in [-0.05, 0) is 37.6 Å². The molecule has 0 saturated heterocycles. The lowest BCUT2D eigenvalue weighted by atomic mass is 10.2. The molecule has 0 fully saturated rings. The van der Waals surface area contributed by atoms with E-state index in [1.807, 2.05) is 0 Å². The number of hydrogen-bond acceptors (Lipinski definition) is 6. The number of hydrogen-bond donors (Lipinski definition) is 1. The zero-order valence-electron chi connectivity index (χ0n) is 12.0. The first kappa shape index (κ1) is 16.4. The number of aromatic nitrogens is 1. The molecule has 1 N–H and O–H groups in total. The third-order valence-corrected chi connectivity index (χ3v) is 5.50. The van der Waals surface area contributed by atoms with Gasteiger partial charge >= 0.3 is 5.97 Å². The number of carbonyl (C=O) groups is 1. The fraction of sp³-hybridized carbons (Fsp3) is 0.231. The summed E-state index contributed by atoms with van der Waals surface area (Å²) in [6.45, 7) is 3.06. The number of nitrogens with one attached hydrogen (secondary N) is 1. The summed E-state index contributed by atoms with van der Waals surface area (Å²) in [5, 5.41) is 0.0432. The highest BCUT2D eigenvalue weighted by atomic mass is 32.2. The number of rotatable bonds is 4. The third-order valence-electron chi connectivity index (χ3n) is 2.82. The lowest BCUT2D eigenvalue weighted by Crippen LogP contribution is -2.14. The van der Waals surface area contributed by atoms with Gasteiger partial charge in [0.25, 0.3) is 10.0 Å². The summed E-state index contributed by atoms with van der Waals surface area (Å²) in [5.74, 6) is -1.10. The minimum absolute atomic E-state index is 0.0432. The first-order valence-electron chi connectivity index (χ1n) is 6.09. The number of ether oxygens (including phenoxy) is 1. The van der Waals surface area contributed by atoms with Crippen molar-refractivity contribution in [2.24, 2.45) is 0 Å². The van der Waals surface area contributed by atoms with Gasteiger partial charge < -0.3 is 4.74 Å². The number of methoxy groups -OCH3 is 1. The topological polar surface area (TPSA) is 85.4 Å². The van der Waals surface area contributed by atoms with Crippen LogP contribution in [-0.4, -0.2) is 26.5 Å². The molecule has 6 nitrogen and oxygen atoms in total. The van der Waals surface area contributed by atoms with Gasteiger partial charge in [0.15, 0.2) is 5.13 Å². The van der Waals surface area contributed by atoms with Gasteiger partial charge in [-0.25, -0.2) is 22.6 Å². The van der Waals surface area contributed by atoms with Crippen LogP contribution in [0.3, 0.4) is 0 Å². The normalized spacial score (nSPS) is 11.3. The lowest BCUT2D eigenvalue weighted by Gasteiger charge is -2.07. The van der Waals surface area contributed by atoms with E-state index >= 15 is 0 Å². The molecule has 2 rings (SSSR count). The van der Waals surface area contributed by atoms with E-state index in [0.29, 0.717) is 5.69 Å². The fourth-order valence-corrected chi connectivity index (χ4v) is 4.15. The number of aryl methyl sites for hydroxylation is 2. The molecule has 0 aliphatic carbocycles. The average Bonchev–Trinajstić information content (AvgIpc) is 2.77. The van der Waals surface area contributed by atoms with Crippen LogP contribution in [-0.2, 0) is 14.8 Å². The molecule has 0 radical (unpaired) electrons. The summed E-state index contributed by atoms with van der Waals surface area (Å²) in [4.78, 5) is 15.7. The third kappa shape index (κ3) is 3.25. The molecule has 9 heteroatoms. The van der Waals surface area contributed by atoms with Crippen molar-refractivity contribution >= 4 is 32.5 Å². The zero-order valence-corrected chi connectivity index (χ0v) is 13.6. The fourth-order valence-electron chi connectivity index (χ4n) is 1.81. The molecular weight excluding hydrogens is 331 g/mol. The van der Waals surface area contributed by atoms with E-state index in [2.05, 4.69) is 14.4 Å². The van der Waals surface area contributed by atoms with Crippen LogP contribution in [0.4, 0.5) is 9.52 Å². The summed E-state index contributed by atoms with van der Waals surface area (Å²) in [5.41, 5.74) is 0.638. The Morgan fingerprint density at radius 1 is 1.36 bits per heavy atom. The SMILES string of the molecule is COC(=O)c1sc(NS(=O)(=O)c2ccc(F)cc2C)nc1C. The standard InChI is InChI=1S/C13H13FN2O4S2/c1-7-6-9(14)4-5-10(7)22(18,19)16-13-15-8(2)11(21-13)12(17)20-3/h4-6H,1-3H3,(H,15,16). The van der Waals surface area contributed by atoms with E-state index in [-0.39, 0.29) is 20.5 Å². The van der Waals surface area contributed by atoms with Crippen LogP contribution in [0.25, 0.3) is 0 Å². The summed E-state index contributed by atoms with van der Waals surface area (Å²) < 4.78 is 44.6. The van der Waals surface area contributed by atoms with E-state index in [0.717, 1.165) is 23.5 Å². The van der Waals surface area contributed by atoms with Crippen molar-refractivity contribution in [3.05, 3.63) is 40.2 Å². The van der Waals surface area contributed by atoms with Crippen molar-refractivity contribution < 1.29 is 22.3 Å². The molecule has 22 heavy (non-hydrogen) atoms. The second-order valence-corrected chi connectivity index (χ2v) is 7.09. The predicted molar refractivity (Wildman–Crippen MR) is 80.1 cm³/mol. The number of anilines is 1. The van der Waals surface area contributed by atoms with E-state index in [4.69, 9.17) is 0 Å². The summed E-state index contributed by atoms with van der Waals surface area (Å²) >= 11 is 0.873. The van der Waals surface area contributed by atoms with Crippen molar-refractivity contribution in [1.82, 2.24) is 4.98 Å². The molecule has 0 spiro atoms. The monoisotopic (exact) mass is 344 g/mol. The maximum absolute atomic E-state index is 13.1. The Bertz CT molecular complexity index is 831. The lowest BCUT2D eigenvalue weighted by molar-refractivity contribution is 0.0605. The Hall–Kier alpha value is -2.00. The highest BCUT2D eigenvalue weighted by molar-refractivity contribution is 7.93. The van der Waals surface area contributed by atoms with Crippen molar-refractivity contribution in [1.29, 1.82) is 0 Å². The highest BCUT2D eigenvalue weighted by Gasteiger charge is 2.22. The van der Waals surface area contributed by atoms with Crippen LogP contribution in [0.2, 0.25) is 0 Å². The van der Waals surface area contributed by atoms with Crippen LogP contribution in [0.1, 0.15) is 20.9 Å². The molecule has 2 aromatic rings. The Labute approximate surface area is 131 Å².